The summed E-state index contributed by atoms with van der Waals surface area (Å²) in [4.78, 5) is 32.6. The van der Waals surface area contributed by atoms with Crippen molar-refractivity contribution in [3.63, 3.8) is 0 Å². The Morgan fingerprint density at radius 2 is 2.04 bits per heavy atom. The molecule has 1 aliphatic heterocycles. The van der Waals surface area contributed by atoms with E-state index < -0.39 is 5.97 Å². The third kappa shape index (κ3) is 2.41. The van der Waals surface area contributed by atoms with Gasteiger partial charge in [0.25, 0.3) is 5.56 Å². The second-order valence-electron chi connectivity index (χ2n) is 5.76. The predicted molar refractivity (Wildman–Crippen MR) is 87.9 cm³/mol. The summed E-state index contributed by atoms with van der Waals surface area (Å²) in [5.74, 6) is -0.895. The van der Waals surface area contributed by atoms with Gasteiger partial charge < -0.3 is 10.0 Å². The molecule has 1 aromatic carbocycles. The van der Waals surface area contributed by atoms with Crippen molar-refractivity contribution in [3.05, 3.63) is 46.5 Å². The Kier molecular flexibility index (Phi) is 3.30. The Morgan fingerprint density at radius 3 is 2.75 bits per heavy atom. The van der Waals surface area contributed by atoms with Gasteiger partial charge in [0.05, 0.1) is 22.7 Å². The van der Waals surface area contributed by atoms with Gasteiger partial charge in [0.2, 0.25) is 5.95 Å². The number of anilines is 1. The number of rotatable bonds is 3. The quantitative estimate of drug-likeness (QED) is 0.754. The highest BCUT2D eigenvalue weighted by atomic mass is 16.4. The average molecular weight is 325 g/mol. The van der Waals surface area contributed by atoms with Crippen LogP contribution in [0.25, 0.3) is 16.9 Å². The van der Waals surface area contributed by atoms with Crippen LogP contribution in [0.5, 0.6) is 0 Å². The first-order valence-corrected chi connectivity index (χ1v) is 7.69. The highest BCUT2D eigenvalue weighted by Crippen LogP contribution is 2.23. The van der Waals surface area contributed by atoms with Gasteiger partial charge in [-0.1, -0.05) is 0 Å². The fourth-order valence-electron chi connectivity index (χ4n) is 2.94. The van der Waals surface area contributed by atoms with E-state index in [4.69, 9.17) is 5.11 Å². The van der Waals surface area contributed by atoms with Crippen LogP contribution in [0.2, 0.25) is 0 Å². The largest absolute Gasteiger partial charge is 0.478 e. The van der Waals surface area contributed by atoms with E-state index in [9.17, 15) is 9.59 Å². The van der Waals surface area contributed by atoms with E-state index in [-0.39, 0.29) is 17.1 Å². The van der Waals surface area contributed by atoms with Crippen molar-refractivity contribution in [2.24, 2.45) is 0 Å². The number of carbonyl (C=O) groups is 1. The van der Waals surface area contributed by atoms with Crippen LogP contribution in [-0.4, -0.2) is 43.9 Å². The molecule has 3 aromatic rings. The van der Waals surface area contributed by atoms with Gasteiger partial charge >= 0.3 is 5.97 Å². The lowest BCUT2D eigenvalue weighted by Gasteiger charge is -2.17. The van der Waals surface area contributed by atoms with Crippen molar-refractivity contribution in [3.8, 4) is 5.95 Å². The molecule has 8 heteroatoms. The summed E-state index contributed by atoms with van der Waals surface area (Å²) in [5, 5.41) is 13.4. The molecule has 2 aromatic heterocycles. The number of hydrogen-bond acceptors (Lipinski definition) is 5. The number of fused-ring (bicyclic) bond motifs is 1. The van der Waals surface area contributed by atoms with Crippen LogP contribution in [0, 0.1) is 0 Å². The lowest BCUT2D eigenvalue weighted by Crippen LogP contribution is -2.19. The minimum absolute atomic E-state index is 0.0297. The van der Waals surface area contributed by atoms with Crippen molar-refractivity contribution >= 4 is 22.6 Å². The van der Waals surface area contributed by atoms with Crippen LogP contribution in [0.15, 0.2) is 35.4 Å². The molecule has 24 heavy (non-hydrogen) atoms. The maximum atomic E-state index is 12.4. The molecule has 3 heterocycles. The summed E-state index contributed by atoms with van der Waals surface area (Å²) in [6, 6.07) is 5.61. The maximum absolute atomic E-state index is 12.4. The number of H-pyrrole nitrogens is 1. The number of carboxylic acid groups (broad SMARTS) is 1. The number of nitrogens with one attached hydrogen (secondary N) is 1. The van der Waals surface area contributed by atoms with Crippen molar-refractivity contribution in [1.82, 2.24) is 19.7 Å². The van der Waals surface area contributed by atoms with Gasteiger partial charge in [-0.3, -0.25) is 9.78 Å². The van der Waals surface area contributed by atoms with E-state index in [1.54, 1.807) is 0 Å². The molecule has 0 radical (unpaired) electrons. The standard InChI is InChI=1S/C16H15N5O3/c22-14-12-7-11(20-5-1-2-6-20)3-4-13(12)18-16(19-14)21-9-10(8-17-21)15(23)24/h3-4,7-9H,1-2,5-6H2,(H,23,24)(H,18,19,22). The van der Waals surface area contributed by atoms with Gasteiger partial charge in [-0.2, -0.15) is 5.10 Å². The molecule has 8 nitrogen and oxygen atoms in total. The first-order chi connectivity index (χ1) is 11.6. The summed E-state index contributed by atoms with van der Waals surface area (Å²) in [7, 11) is 0. The lowest BCUT2D eigenvalue weighted by atomic mass is 10.2. The lowest BCUT2D eigenvalue weighted by molar-refractivity contribution is 0.0697. The summed E-state index contributed by atoms with van der Waals surface area (Å²) >= 11 is 0. The first-order valence-electron chi connectivity index (χ1n) is 7.69. The molecule has 4 rings (SSSR count). The molecule has 1 saturated heterocycles. The Balaban J connectivity index is 1.78. The normalized spacial score (nSPS) is 14.4. The molecule has 0 unspecified atom stereocenters. The summed E-state index contributed by atoms with van der Waals surface area (Å²) in [6.45, 7) is 2.00. The van der Waals surface area contributed by atoms with Crippen LogP contribution in [0.3, 0.4) is 0 Å². The number of carboxylic acids is 1. The van der Waals surface area contributed by atoms with Crippen LogP contribution in [0.1, 0.15) is 23.2 Å². The smallest absolute Gasteiger partial charge is 0.338 e. The molecule has 2 N–H and O–H groups in total. The molecule has 0 aliphatic carbocycles. The van der Waals surface area contributed by atoms with Crippen molar-refractivity contribution in [2.45, 2.75) is 12.8 Å². The molecular weight excluding hydrogens is 310 g/mol. The van der Waals surface area contributed by atoms with E-state index in [1.807, 2.05) is 18.2 Å². The van der Waals surface area contributed by atoms with Gasteiger partial charge in [-0.05, 0) is 31.0 Å². The fourth-order valence-corrected chi connectivity index (χ4v) is 2.94. The predicted octanol–water partition coefficient (Wildman–Crippen LogP) is 1.41. The molecule has 0 atom stereocenters. The van der Waals surface area contributed by atoms with E-state index >= 15 is 0 Å². The number of aromatic carboxylic acids is 1. The highest BCUT2D eigenvalue weighted by molar-refractivity contribution is 5.87. The molecule has 0 spiro atoms. The van der Waals surface area contributed by atoms with Crippen LogP contribution >= 0.6 is 0 Å². The Bertz CT molecular complexity index is 985. The van der Waals surface area contributed by atoms with Gasteiger partial charge in [0.15, 0.2) is 0 Å². The zero-order chi connectivity index (χ0) is 16.7. The third-order valence-electron chi connectivity index (χ3n) is 4.19. The monoisotopic (exact) mass is 325 g/mol. The third-order valence-corrected chi connectivity index (χ3v) is 4.19. The van der Waals surface area contributed by atoms with E-state index in [1.165, 1.54) is 17.1 Å². The van der Waals surface area contributed by atoms with E-state index in [0.29, 0.717) is 10.9 Å². The van der Waals surface area contributed by atoms with Gasteiger partial charge in [0.1, 0.15) is 0 Å². The van der Waals surface area contributed by atoms with Crippen molar-refractivity contribution < 1.29 is 9.90 Å². The average Bonchev–Trinajstić information content (AvgIpc) is 3.26. The molecule has 0 amide bonds. The Labute approximate surface area is 136 Å². The van der Waals surface area contributed by atoms with Crippen molar-refractivity contribution in [2.75, 3.05) is 18.0 Å². The first kappa shape index (κ1) is 14.4. The number of aromatic nitrogens is 4. The minimum Gasteiger partial charge on any atom is -0.478 e. The summed E-state index contributed by atoms with van der Waals surface area (Å²) < 4.78 is 1.25. The topological polar surface area (TPSA) is 104 Å². The Hall–Kier alpha value is -3.16. The van der Waals surface area contributed by atoms with Gasteiger partial charge in [-0.25, -0.2) is 14.5 Å². The van der Waals surface area contributed by atoms with Gasteiger partial charge in [-0.15, -0.1) is 0 Å². The molecule has 122 valence electrons. The Morgan fingerprint density at radius 1 is 1.25 bits per heavy atom. The molecule has 1 aliphatic rings. The molecule has 1 fully saturated rings. The number of nitrogens with zero attached hydrogens (tertiary/aromatic N) is 4. The van der Waals surface area contributed by atoms with Crippen LogP contribution < -0.4 is 10.5 Å². The van der Waals surface area contributed by atoms with E-state index in [0.717, 1.165) is 31.6 Å². The zero-order valence-electron chi connectivity index (χ0n) is 12.8. The second kappa shape index (κ2) is 5.48. The van der Waals surface area contributed by atoms with E-state index in [2.05, 4.69) is 20.0 Å². The second-order valence-corrected chi connectivity index (χ2v) is 5.76. The van der Waals surface area contributed by atoms with Crippen molar-refractivity contribution in [1.29, 1.82) is 0 Å². The van der Waals surface area contributed by atoms with Gasteiger partial charge in [0, 0.05) is 25.0 Å². The minimum atomic E-state index is -1.08. The maximum Gasteiger partial charge on any atom is 0.338 e. The fraction of sp³-hybridized carbons (Fsp3) is 0.250. The molecular formula is C16H15N5O3. The zero-order valence-corrected chi connectivity index (χ0v) is 12.8. The van der Waals surface area contributed by atoms with Crippen LogP contribution in [-0.2, 0) is 0 Å². The molecule has 0 bridgehead atoms. The highest BCUT2D eigenvalue weighted by Gasteiger charge is 2.15. The van der Waals surface area contributed by atoms with Crippen LogP contribution in [0.4, 0.5) is 5.69 Å². The molecule has 0 saturated carbocycles. The number of benzene rings is 1. The summed E-state index contributed by atoms with van der Waals surface area (Å²) in [6.07, 6.45) is 4.85. The summed E-state index contributed by atoms with van der Waals surface area (Å²) in [5.41, 5.74) is 1.32. The number of hydrogen-bond donors (Lipinski definition) is 2. The SMILES string of the molecule is O=C(O)c1cnn(-c2nc3ccc(N4CCCC4)cc3c(=O)[nH]2)c1. The number of aromatic amines is 1.